The van der Waals surface area contributed by atoms with E-state index >= 15 is 0 Å². The lowest BCUT2D eigenvalue weighted by Crippen LogP contribution is -2.43. The van der Waals surface area contributed by atoms with Crippen molar-refractivity contribution >= 4 is 11.8 Å². The molecule has 2 aromatic rings. The van der Waals surface area contributed by atoms with Crippen LogP contribution in [0.25, 0.3) is 0 Å². The van der Waals surface area contributed by atoms with Crippen LogP contribution in [-0.2, 0) is 10.2 Å². The second kappa shape index (κ2) is 8.55. The SMILES string of the molecule is O=C(CNC(=O)c1ccccc1)NCC1(c2ccc3c(c2)OCCO3)CCCC1. The molecule has 4 rings (SSSR count). The van der Waals surface area contributed by atoms with Crippen molar-refractivity contribution in [2.75, 3.05) is 26.3 Å². The molecular weight excluding hydrogens is 368 g/mol. The van der Waals surface area contributed by atoms with Gasteiger partial charge in [0.2, 0.25) is 5.91 Å². The second-order valence-corrected chi connectivity index (χ2v) is 7.67. The Hall–Kier alpha value is -3.02. The van der Waals surface area contributed by atoms with Crippen LogP contribution in [0.5, 0.6) is 11.5 Å². The van der Waals surface area contributed by atoms with Gasteiger partial charge in [-0.2, -0.15) is 0 Å². The standard InChI is InChI=1S/C23H26N2O4/c26-21(15-24-22(27)17-6-2-1-3-7-17)25-16-23(10-4-5-11-23)18-8-9-19-20(14-18)29-13-12-28-19/h1-3,6-9,14H,4-5,10-13,15-16H2,(H,24,27)(H,25,26). The van der Waals surface area contributed by atoms with E-state index in [0.29, 0.717) is 25.3 Å². The number of carbonyl (C=O) groups excluding carboxylic acids is 2. The largest absolute Gasteiger partial charge is 0.486 e. The van der Waals surface area contributed by atoms with Gasteiger partial charge in [-0.15, -0.1) is 0 Å². The Kier molecular flexibility index (Phi) is 5.69. The molecule has 2 aromatic carbocycles. The summed E-state index contributed by atoms with van der Waals surface area (Å²) >= 11 is 0. The maximum absolute atomic E-state index is 12.4. The quantitative estimate of drug-likeness (QED) is 0.790. The van der Waals surface area contributed by atoms with Crippen LogP contribution in [0.4, 0.5) is 0 Å². The Morgan fingerprint density at radius 3 is 2.38 bits per heavy atom. The predicted molar refractivity (Wildman–Crippen MR) is 109 cm³/mol. The Balaban J connectivity index is 1.37. The molecule has 0 aromatic heterocycles. The summed E-state index contributed by atoms with van der Waals surface area (Å²) in [7, 11) is 0. The Morgan fingerprint density at radius 2 is 1.62 bits per heavy atom. The first-order valence-corrected chi connectivity index (χ1v) is 10.2. The minimum Gasteiger partial charge on any atom is -0.486 e. The molecular formula is C23H26N2O4. The zero-order valence-corrected chi connectivity index (χ0v) is 16.4. The third-order valence-corrected chi connectivity index (χ3v) is 5.78. The van der Waals surface area contributed by atoms with E-state index < -0.39 is 0 Å². The van der Waals surface area contributed by atoms with E-state index in [1.807, 2.05) is 12.1 Å². The van der Waals surface area contributed by atoms with E-state index in [-0.39, 0.29) is 23.8 Å². The van der Waals surface area contributed by atoms with Crippen LogP contribution in [0.2, 0.25) is 0 Å². The maximum atomic E-state index is 12.4. The third kappa shape index (κ3) is 4.36. The van der Waals surface area contributed by atoms with Gasteiger partial charge in [0.15, 0.2) is 11.5 Å². The molecule has 2 amide bonds. The predicted octanol–water partition coefficient (Wildman–Crippen LogP) is 2.82. The van der Waals surface area contributed by atoms with Crippen LogP contribution in [0.1, 0.15) is 41.6 Å². The maximum Gasteiger partial charge on any atom is 0.251 e. The molecule has 1 heterocycles. The average molecular weight is 394 g/mol. The van der Waals surface area contributed by atoms with Gasteiger partial charge in [-0.05, 0) is 42.7 Å². The van der Waals surface area contributed by atoms with Gasteiger partial charge in [0.25, 0.3) is 5.91 Å². The number of nitrogens with one attached hydrogen (secondary N) is 2. The lowest BCUT2D eigenvalue weighted by molar-refractivity contribution is -0.120. The second-order valence-electron chi connectivity index (χ2n) is 7.67. The number of fused-ring (bicyclic) bond motifs is 1. The van der Waals surface area contributed by atoms with Gasteiger partial charge >= 0.3 is 0 Å². The molecule has 6 nitrogen and oxygen atoms in total. The van der Waals surface area contributed by atoms with E-state index in [9.17, 15) is 9.59 Å². The Labute approximate surface area is 170 Å². The molecule has 0 atom stereocenters. The summed E-state index contributed by atoms with van der Waals surface area (Å²) in [5.74, 6) is 1.13. The van der Waals surface area contributed by atoms with Crippen molar-refractivity contribution in [3.8, 4) is 11.5 Å². The van der Waals surface area contributed by atoms with E-state index in [2.05, 4.69) is 22.8 Å². The topological polar surface area (TPSA) is 76.7 Å². The van der Waals surface area contributed by atoms with E-state index in [1.54, 1.807) is 24.3 Å². The molecule has 2 aliphatic rings. The van der Waals surface area contributed by atoms with Crippen LogP contribution < -0.4 is 20.1 Å². The molecule has 1 saturated carbocycles. The molecule has 29 heavy (non-hydrogen) atoms. The highest BCUT2D eigenvalue weighted by atomic mass is 16.6. The lowest BCUT2D eigenvalue weighted by Gasteiger charge is -2.31. The van der Waals surface area contributed by atoms with Crippen LogP contribution in [-0.4, -0.2) is 38.1 Å². The number of carbonyl (C=O) groups is 2. The van der Waals surface area contributed by atoms with Crippen molar-refractivity contribution in [2.24, 2.45) is 0 Å². The highest BCUT2D eigenvalue weighted by molar-refractivity contribution is 5.96. The van der Waals surface area contributed by atoms with Gasteiger partial charge < -0.3 is 20.1 Å². The number of benzene rings is 2. The minimum absolute atomic E-state index is 0.0368. The van der Waals surface area contributed by atoms with Crippen LogP contribution in [0.15, 0.2) is 48.5 Å². The summed E-state index contributed by atoms with van der Waals surface area (Å²) in [4.78, 5) is 24.5. The van der Waals surface area contributed by atoms with Crippen LogP contribution >= 0.6 is 0 Å². The lowest BCUT2D eigenvalue weighted by atomic mass is 9.78. The van der Waals surface area contributed by atoms with Gasteiger partial charge in [-0.25, -0.2) is 0 Å². The summed E-state index contributed by atoms with van der Waals surface area (Å²) in [5, 5.41) is 5.70. The minimum atomic E-state index is -0.247. The molecule has 0 spiro atoms. The summed E-state index contributed by atoms with van der Waals surface area (Å²) in [6.07, 6.45) is 4.30. The van der Waals surface area contributed by atoms with Crippen LogP contribution in [0, 0.1) is 0 Å². The van der Waals surface area contributed by atoms with E-state index in [4.69, 9.17) is 9.47 Å². The van der Waals surface area contributed by atoms with Crippen molar-refractivity contribution in [1.29, 1.82) is 0 Å². The summed E-state index contributed by atoms with van der Waals surface area (Å²) in [6.45, 7) is 1.64. The van der Waals surface area contributed by atoms with Gasteiger partial charge in [0.05, 0.1) is 6.54 Å². The van der Waals surface area contributed by atoms with Crippen molar-refractivity contribution in [2.45, 2.75) is 31.1 Å². The molecule has 152 valence electrons. The molecule has 0 radical (unpaired) electrons. The van der Waals surface area contributed by atoms with Crippen molar-refractivity contribution < 1.29 is 19.1 Å². The van der Waals surface area contributed by atoms with Gasteiger partial charge in [0, 0.05) is 17.5 Å². The first kappa shape index (κ1) is 19.3. The molecule has 0 saturated heterocycles. The first-order valence-electron chi connectivity index (χ1n) is 10.2. The average Bonchev–Trinajstić information content (AvgIpc) is 3.26. The molecule has 1 aliphatic carbocycles. The molecule has 1 fully saturated rings. The zero-order valence-electron chi connectivity index (χ0n) is 16.4. The summed E-state index contributed by atoms with van der Waals surface area (Å²) in [6, 6.07) is 15.0. The smallest absolute Gasteiger partial charge is 0.251 e. The Morgan fingerprint density at radius 1 is 0.897 bits per heavy atom. The number of hydrogen-bond donors (Lipinski definition) is 2. The van der Waals surface area contributed by atoms with E-state index in [0.717, 1.165) is 37.2 Å². The molecule has 0 bridgehead atoms. The van der Waals surface area contributed by atoms with Gasteiger partial charge in [-0.1, -0.05) is 37.1 Å². The number of ether oxygens (including phenoxy) is 2. The van der Waals surface area contributed by atoms with Crippen LogP contribution in [0.3, 0.4) is 0 Å². The summed E-state index contributed by atoms with van der Waals surface area (Å²) in [5.41, 5.74) is 1.62. The van der Waals surface area contributed by atoms with Crippen molar-refractivity contribution in [3.05, 3.63) is 59.7 Å². The normalized spacial score (nSPS) is 16.8. The molecule has 2 N–H and O–H groups in total. The Bertz CT molecular complexity index is 876. The fourth-order valence-electron chi connectivity index (χ4n) is 4.17. The third-order valence-electron chi connectivity index (χ3n) is 5.78. The number of amides is 2. The molecule has 6 heteroatoms. The number of hydrogen-bond acceptors (Lipinski definition) is 4. The summed E-state index contributed by atoms with van der Waals surface area (Å²) < 4.78 is 11.4. The first-order chi connectivity index (χ1) is 14.2. The van der Waals surface area contributed by atoms with Crippen molar-refractivity contribution in [3.63, 3.8) is 0 Å². The van der Waals surface area contributed by atoms with Crippen molar-refractivity contribution in [1.82, 2.24) is 10.6 Å². The zero-order chi connectivity index (χ0) is 20.1. The highest BCUT2D eigenvalue weighted by Crippen LogP contribution is 2.43. The van der Waals surface area contributed by atoms with E-state index in [1.165, 1.54) is 5.56 Å². The monoisotopic (exact) mass is 394 g/mol. The van der Waals surface area contributed by atoms with Gasteiger partial charge in [-0.3, -0.25) is 9.59 Å². The molecule has 0 unspecified atom stereocenters. The highest BCUT2D eigenvalue weighted by Gasteiger charge is 2.36. The van der Waals surface area contributed by atoms with Gasteiger partial charge in [0.1, 0.15) is 13.2 Å². The number of rotatable bonds is 6. The molecule has 1 aliphatic heterocycles. The fourth-order valence-corrected chi connectivity index (χ4v) is 4.17. The fraction of sp³-hybridized carbons (Fsp3) is 0.391.